The highest BCUT2D eigenvalue weighted by molar-refractivity contribution is 5.41. The summed E-state index contributed by atoms with van der Waals surface area (Å²) in [6.07, 6.45) is 1.71. The van der Waals surface area contributed by atoms with Gasteiger partial charge in [-0.2, -0.15) is 0 Å². The number of rotatable bonds is 3. The molecular weight excluding hydrogens is 224 g/mol. The van der Waals surface area contributed by atoms with Crippen LogP contribution in [0.3, 0.4) is 0 Å². The fourth-order valence-electron chi connectivity index (χ4n) is 1.68. The van der Waals surface area contributed by atoms with E-state index in [1.54, 1.807) is 6.20 Å². The summed E-state index contributed by atoms with van der Waals surface area (Å²) in [6, 6.07) is 9.75. The van der Waals surface area contributed by atoms with E-state index in [0.717, 1.165) is 22.8 Å². The first kappa shape index (κ1) is 12.6. The van der Waals surface area contributed by atoms with E-state index >= 15 is 0 Å². The molecule has 0 radical (unpaired) electrons. The second-order valence-corrected chi connectivity index (χ2v) is 4.51. The summed E-state index contributed by atoms with van der Waals surface area (Å²) in [5.41, 5.74) is 8.98. The number of nitrogens with two attached hydrogens (primary N) is 1. The largest absolute Gasteiger partial charge is 0.455 e. The molecule has 0 fully saturated rings. The van der Waals surface area contributed by atoms with Crippen LogP contribution in [0.5, 0.6) is 11.5 Å². The number of aryl methyl sites for hydroxylation is 1. The smallest absolute Gasteiger partial charge is 0.145 e. The Morgan fingerprint density at radius 2 is 1.94 bits per heavy atom. The third kappa shape index (κ3) is 2.68. The monoisotopic (exact) mass is 242 g/mol. The lowest BCUT2D eigenvalue weighted by Crippen LogP contribution is -2.06. The Labute approximate surface area is 108 Å². The minimum absolute atomic E-state index is 0.0558. The van der Waals surface area contributed by atoms with E-state index in [1.807, 2.05) is 31.2 Å². The van der Waals surface area contributed by atoms with Crippen LogP contribution in [-0.2, 0) is 0 Å². The summed E-state index contributed by atoms with van der Waals surface area (Å²) in [7, 11) is 0. The van der Waals surface area contributed by atoms with Gasteiger partial charge in [-0.1, -0.05) is 12.1 Å². The van der Waals surface area contributed by atoms with Gasteiger partial charge in [0.2, 0.25) is 0 Å². The van der Waals surface area contributed by atoms with Gasteiger partial charge in [-0.15, -0.1) is 0 Å². The quantitative estimate of drug-likeness (QED) is 0.896. The SMILES string of the molecule is Cc1cccc(Oc2ccc([C@H](C)N)nc2)c1C. The van der Waals surface area contributed by atoms with Gasteiger partial charge in [0.1, 0.15) is 11.5 Å². The number of hydrogen-bond acceptors (Lipinski definition) is 3. The average Bonchev–Trinajstić information content (AvgIpc) is 2.36. The standard InChI is InChI=1S/C15H18N2O/c1-10-5-4-6-15(11(10)2)18-13-7-8-14(12(3)16)17-9-13/h4-9,12H,16H2,1-3H3/t12-/m0/s1. The highest BCUT2D eigenvalue weighted by Crippen LogP contribution is 2.26. The zero-order valence-electron chi connectivity index (χ0n) is 11.0. The first-order valence-electron chi connectivity index (χ1n) is 6.03. The van der Waals surface area contributed by atoms with Gasteiger partial charge in [-0.3, -0.25) is 4.98 Å². The van der Waals surface area contributed by atoms with Gasteiger partial charge in [0.15, 0.2) is 0 Å². The van der Waals surface area contributed by atoms with Gasteiger partial charge in [-0.25, -0.2) is 0 Å². The molecule has 2 aromatic rings. The number of benzene rings is 1. The zero-order chi connectivity index (χ0) is 13.1. The molecule has 0 unspecified atom stereocenters. The number of ether oxygens (including phenoxy) is 1. The molecule has 0 amide bonds. The molecule has 0 saturated carbocycles. The first-order chi connectivity index (χ1) is 8.58. The lowest BCUT2D eigenvalue weighted by atomic mass is 10.1. The molecule has 94 valence electrons. The molecule has 0 aliphatic carbocycles. The van der Waals surface area contributed by atoms with E-state index in [2.05, 4.69) is 24.9 Å². The Balaban J connectivity index is 2.21. The number of aromatic nitrogens is 1. The Morgan fingerprint density at radius 3 is 2.56 bits per heavy atom. The number of nitrogens with zero attached hydrogens (tertiary/aromatic N) is 1. The summed E-state index contributed by atoms with van der Waals surface area (Å²) >= 11 is 0. The Morgan fingerprint density at radius 1 is 1.17 bits per heavy atom. The van der Waals surface area contributed by atoms with E-state index < -0.39 is 0 Å². The van der Waals surface area contributed by atoms with Crippen molar-refractivity contribution in [3.8, 4) is 11.5 Å². The molecule has 1 aromatic carbocycles. The second kappa shape index (κ2) is 5.19. The molecule has 3 heteroatoms. The Kier molecular flexibility index (Phi) is 3.63. The molecule has 0 aliphatic heterocycles. The fourth-order valence-corrected chi connectivity index (χ4v) is 1.68. The van der Waals surface area contributed by atoms with Crippen molar-refractivity contribution in [2.24, 2.45) is 5.73 Å². The van der Waals surface area contributed by atoms with E-state index in [0.29, 0.717) is 0 Å². The third-order valence-electron chi connectivity index (χ3n) is 3.01. The van der Waals surface area contributed by atoms with Gasteiger partial charge in [0, 0.05) is 6.04 Å². The normalized spacial score (nSPS) is 12.2. The predicted molar refractivity (Wildman–Crippen MR) is 72.8 cm³/mol. The van der Waals surface area contributed by atoms with E-state index in [-0.39, 0.29) is 6.04 Å². The van der Waals surface area contributed by atoms with Crippen LogP contribution in [0.15, 0.2) is 36.5 Å². The molecule has 1 heterocycles. The number of pyridine rings is 1. The van der Waals surface area contributed by atoms with Gasteiger partial charge >= 0.3 is 0 Å². The first-order valence-corrected chi connectivity index (χ1v) is 6.03. The van der Waals surface area contributed by atoms with Crippen molar-refractivity contribution in [1.29, 1.82) is 0 Å². The van der Waals surface area contributed by atoms with Crippen LogP contribution >= 0.6 is 0 Å². The fraction of sp³-hybridized carbons (Fsp3) is 0.267. The van der Waals surface area contributed by atoms with Gasteiger partial charge in [0.25, 0.3) is 0 Å². The Bertz CT molecular complexity index is 533. The predicted octanol–water partition coefficient (Wildman–Crippen LogP) is 3.51. The van der Waals surface area contributed by atoms with Gasteiger partial charge in [0.05, 0.1) is 11.9 Å². The topological polar surface area (TPSA) is 48.1 Å². The average molecular weight is 242 g/mol. The second-order valence-electron chi connectivity index (χ2n) is 4.51. The molecule has 0 saturated heterocycles. The molecule has 0 aliphatic rings. The van der Waals surface area contributed by atoms with Crippen LogP contribution in [0.1, 0.15) is 29.8 Å². The summed E-state index contributed by atoms with van der Waals surface area (Å²) in [6.45, 7) is 6.03. The molecule has 3 nitrogen and oxygen atoms in total. The maximum Gasteiger partial charge on any atom is 0.145 e. The summed E-state index contributed by atoms with van der Waals surface area (Å²) in [4.78, 5) is 4.28. The highest BCUT2D eigenvalue weighted by Gasteiger charge is 2.05. The van der Waals surface area contributed by atoms with E-state index in [1.165, 1.54) is 5.56 Å². The lowest BCUT2D eigenvalue weighted by Gasteiger charge is -2.11. The molecule has 18 heavy (non-hydrogen) atoms. The zero-order valence-corrected chi connectivity index (χ0v) is 11.0. The molecule has 0 spiro atoms. The van der Waals surface area contributed by atoms with Crippen molar-refractivity contribution in [3.05, 3.63) is 53.3 Å². The van der Waals surface area contributed by atoms with Crippen LogP contribution in [0, 0.1) is 13.8 Å². The van der Waals surface area contributed by atoms with Crippen molar-refractivity contribution >= 4 is 0 Å². The van der Waals surface area contributed by atoms with Crippen LogP contribution in [-0.4, -0.2) is 4.98 Å². The molecule has 0 bridgehead atoms. The van der Waals surface area contributed by atoms with Crippen LogP contribution in [0.25, 0.3) is 0 Å². The molecule has 1 atom stereocenters. The summed E-state index contributed by atoms with van der Waals surface area (Å²) in [5.74, 6) is 1.60. The summed E-state index contributed by atoms with van der Waals surface area (Å²) < 4.78 is 5.82. The summed E-state index contributed by atoms with van der Waals surface area (Å²) in [5, 5.41) is 0. The lowest BCUT2D eigenvalue weighted by molar-refractivity contribution is 0.475. The molecule has 2 N–H and O–H groups in total. The van der Waals surface area contributed by atoms with Crippen LogP contribution in [0.4, 0.5) is 0 Å². The molecule has 2 rings (SSSR count). The third-order valence-corrected chi connectivity index (χ3v) is 3.01. The van der Waals surface area contributed by atoms with Crippen molar-refractivity contribution in [3.63, 3.8) is 0 Å². The van der Waals surface area contributed by atoms with Crippen molar-refractivity contribution < 1.29 is 4.74 Å². The molecular formula is C15H18N2O. The van der Waals surface area contributed by atoms with Crippen molar-refractivity contribution in [2.45, 2.75) is 26.8 Å². The van der Waals surface area contributed by atoms with Gasteiger partial charge < -0.3 is 10.5 Å². The van der Waals surface area contributed by atoms with Crippen LogP contribution < -0.4 is 10.5 Å². The van der Waals surface area contributed by atoms with Crippen molar-refractivity contribution in [1.82, 2.24) is 4.98 Å². The Hall–Kier alpha value is -1.87. The van der Waals surface area contributed by atoms with Gasteiger partial charge in [-0.05, 0) is 50.1 Å². The minimum Gasteiger partial charge on any atom is -0.455 e. The minimum atomic E-state index is -0.0558. The number of hydrogen-bond donors (Lipinski definition) is 1. The highest BCUT2D eigenvalue weighted by atomic mass is 16.5. The van der Waals surface area contributed by atoms with Crippen LogP contribution in [0.2, 0.25) is 0 Å². The molecule has 1 aromatic heterocycles. The van der Waals surface area contributed by atoms with E-state index in [4.69, 9.17) is 10.5 Å². The van der Waals surface area contributed by atoms with E-state index in [9.17, 15) is 0 Å². The van der Waals surface area contributed by atoms with Crippen molar-refractivity contribution in [2.75, 3.05) is 0 Å². The maximum atomic E-state index is 5.82. The maximum absolute atomic E-state index is 5.82.